The van der Waals surface area contributed by atoms with E-state index >= 15 is 0 Å². The standard InChI is InChI=1S/C12H12BrFN2S/c13-11-5-9(1-2-12(11)14)6-15-4-3-10-7-17-8-16-10/h1-2,5,7-8,15H,3-4,6H2. The second kappa shape index (κ2) is 6.23. The molecule has 0 aliphatic carbocycles. The summed E-state index contributed by atoms with van der Waals surface area (Å²) in [5, 5.41) is 5.36. The van der Waals surface area contributed by atoms with Crippen LogP contribution in [0.15, 0.2) is 33.6 Å². The molecule has 17 heavy (non-hydrogen) atoms. The molecule has 1 aromatic carbocycles. The second-order valence-corrected chi connectivity index (χ2v) is 5.23. The number of benzene rings is 1. The normalized spacial score (nSPS) is 10.7. The molecule has 0 amide bonds. The SMILES string of the molecule is Fc1ccc(CNCCc2cscn2)cc1Br. The number of thiazole rings is 1. The monoisotopic (exact) mass is 314 g/mol. The molecule has 5 heteroatoms. The molecule has 0 fully saturated rings. The average molecular weight is 315 g/mol. The van der Waals surface area contributed by atoms with Crippen LogP contribution in [0.5, 0.6) is 0 Å². The molecule has 2 nitrogen and oxygen atoms in total. The number of hydrogen-bond donors (Lipinski definition) is 1. The molecule has 0 radical (unpaired) electrons. The minimum atomic E-state index is -0.226. The number of hydrogen-bond acceptors (Lipinski definition) is 3. The maximum absolute atomic E-state index is 13.0. The molecule has 90 valence electrons. The third-order valence-electron chi connectivity index (χ3n) is 2.35. The summed E-state index contributed by atoms with van der Waals surface area (Å²) in [7, 11) is 0. The van der Waals surface area contributed by atoms with Crippen LogP contribution in [0, 0.1) is 5.82 Å². The van der Waals surface area contributed by atoms with Crippen LogP contribution in [0.3, 0.4) is 0 Å². The summed E-state index contributed by atoms with van der Waals surface area (Å²) in [4.78, 5) is 4.21. The van der Waals surface area contributed by atoms with Gasteiger partial charge in [0.15, 0.2) is 0 Å². The summed E-state index contributed by atoms with van der Waals surface area (Å²) >= 11 is 4.79. The van der Waals surface area contributed by atoms with Crippen molar-refractivity contribution in [3.8, 4) is 0 Å². The van der Waals surface area contributed by atoms with Crippen molar-refractivity contribution in [2.45, 2.75) is 13.0 Å². The Bertz CT molecular complexity index is 473. The van der Waals surface area contributed by atoms with E-state index in [-0.39, 0.29) is 5.82 Å². The Kier molecular flexibility index (Phi) is 4.65. The Hall–Kier alpha value is -0.780. The molecule has 0 aliphatic rings. The lowest BCUT2D eigenvalue weighted by atomic mass is 10.2. The highest BCUT2D eigenvalue weighted by atomic mass is 79.9. The first-order valence-corrected chi connectivity index (χ1v) is 7.01. The van der Waals surface area contributed by atoms with Crippen LogP contribution >= 0.6 is 27.3 Å². The summed E-state index contributed by atoms with van der Waals surface area (Å²) in [6, 6.07) is 5.06. The molecular weight excluding hydrogens is 303 g/mol. The Morgan fingerprint density at radius 2 is 2.29 bits per heavy atom. The highest BCUT2D eigenvalue weighted by Crippen LogP contribution is 2.16. The van der Waals surface area contributed by atoms with Gasteiger partial charge >= 0.3 is 0 Å². The fourth-order valence-electron chi connectivity index (χ4n) is 1.46. The van der Waals surface area contributed by atoms with E-state index in [2.05, 4.69) is 31.6 Å². The number of nitrogens with zero attached hydrogens (tertiary/aromatic N) is 1. The van der Waals surface area contributed by atoms with E-state index in [1.807, 2.05) is 5.51 Å². The topological polar surface area (TPSA) is 24.9 Å². The van der Waals surface area contributed by atoms with E-state index in [4.69, 9.17) is 0 Å². The zero-order valence-electron chi connectivity index (χ0n) is 9.12. The van der Waals surface area contributed by atoms with Gasteiger partial charge in [-0.15, -0.1) is 11.3 Å². The Labute approximate surface area is 112 Å². The van der Waals surface area contributed by atoms with Crippen LogP contribution in [0.4, 0.5) is 4.39 Å². The molecule has 0 atom stereocenters. The van der Waals surface area contributed by atoms with Gasteiger partial charge in [0.25, 0.3) is 0 Å². The molecule has 2 rings (SSSR count). The van der Waals surface area contributed by atoms with Crippen LogP contribution in [-0.2, 0) is 13.0 Å². The first kappa shape index (κ1) is 12.7. The second-order valence-electron chi connectivity index (χ2n) is 3.66. The summed E-state index contributed by atoms with van der Waals surface area (Å²) in [6.45, 7) is 1.61. The van der Waals surface area contributed by atoms with Gasteiger partial charge in [0, 0.05) is 24.9 Å². The molecule has 0 saturated carbocycles. The minimum Gasteiger partial charge on any atom is -0.312 e. The zero-order valence-corrected chi connectivity index (χ0v) is 11.5. The van der Waals surface area contributed by atoms with Crippen LogP contribution in [0.2, 0.25) is 0 Å². The van der Waals surface area contributed by atoms with Crippen molar-refractivity contribution in [2.24, 2.45) is 0 Å². The third-order valence-corrected chi connectivity index (χ3v) is 3.60. The van der Waals surface area contributed by atoms with Gasteiger partial charge in [-0.2, -0.15) is 0 Å². The van der Waals surface area contributed by atoms with Gasteiger partial charge in [-0.05, 0) is 33.6 Å². The van der Waals surface area contributed by atoms with Gasteiger partial charge in [-0.1, -0.05) is 6.07 Å². The predicted octanol–water partition coefficient (Wildman–Crippen LogP) is 3.38. The van der Waals surface area contributed by atoms with Crippen molar-refractivity contribution in [3.05, 3.63) is 50.6 Å². The van der Waals surface area contributed by atoms with Crippen molar-refractivity contribution >= 4 is 27.3 Å². The molecule has 1 heterocycles. The van der Waals surface area contributed by atoms with Crippen molar-refractivity contribution in [2.75, 3.05) is 6.54 Å². The molecule has 1 aromatic heterocycles. The molecule has 0 aliphatic heterocycles. The Morgan fingerprint density at radius 1 is 1.41 bits per heavy atom. The molecule has 0 bridgehead atoms. The van der Waals surface area contributed by atoms with Gasteiger partial charge in [0.1, 0.15) is 5.82 Å². The minimum absolute atomic E-state index is 0.226. The van der Waals surface area contributed by atoms with Crippen LogP contribution in [-0.4, -0.2) is 11.5 Å². The molecule has 2 aromatic rings. The third kappa shape index (κ3) is 3.87. The maximum atomic E-state index is 13.0. The van der Waals surface area contributed by atoms with Gasteiger partial charge in [-0.25, -0.2) is 9.37 Å². The van der Waals surface area contributed by atoms with Crippen LogP contribution in [0.1, 0.15) is 11.3 Å². The highest BCUT2D eigenvalue weighted by molar-refractivity contribution is 9.10. The van der Waals surface area contributed by atoms with E-state index < -0.39 is 0 Å². The van der Waals surface area contributed by atoms with Gasteiger partial charge in [-0.3, -0.25) is 0 Å². The predicted molar refractivity (Wildman–Crippen MR) is 71.6 cm³/mol. The van der Waals surface area contributed by atoms with Gasteiger partial charge in [0.2, 0.25) is 0 Å². The van der Waals surface area contributed by atoms with E-state index in [0.29, 0.717) is 4.47 Å². The van der Waals surface area contributed by atoms with Crippen molar-refractivity contribution in [1.29, 1.82) is 0 Å². The number of halogens is 2. The Balaban J connectivity index is 1.76. The summed E-state index contributed by atoms with van der Waals surface area (Å²) in [5.41, 5.74) is 4.02. The first-order valence-electron chi connectivity index (χ1n) is 5.27. The van der Waals surface area contributed by atoms with E-state index in [1.165, 1.54) is 6.07 Å². The van der Waals surface area contributed by atoms with Crippen molar-refractivity contribution in [1.82, 2.24) is 10.3 Å². The lowest BCUT2D eigenvalue weighted by Crippen LogP contribution is -2.16. The molecule has 1 N–H and O–H groups in total. The lowest BCUT2D eigenvalue weighted by molar-refractivity contribution is 0.618. The fourth-order valence-corrected chi connectivity index (χ4v) is 2.48. The van der Waals surface area contributed by atoms with Crippen molar-refractivity contribution in [3.63, 3.8) is 0 Å². The summed E-state index contributed by atoms with van der Waals surface area (Å²) in [6.07, 6.45) is 0.922. The van der Waals surface area contributed by atoms with E-state index in [1.54, 1.807) is 23.5 Å². The average Bonchev–Trinajstić information content (AvgIpc) is 2.82. The first-order chi connectivity index (χ1) is 8.25. The van der Waals surface area contributed by atoms with Crippen molar-refractivity contribution < 1.29 is 4.39 Å². The summed E-state index contributed by atoms with van der Waals surface area (Å²) in [5.74, 6) is -0.226. The highest BCUT2D eigenvalue weighted by Gasteiger charge is 2.00. The zero-order chi connectivity index (χ0) is 12.1. The molecule has 0 spiro atoms. The van der Waals surface area contributed by atoms with E-state index in [9.17, 15) is 4.39 Å². The van der Waals surface area contributed by atoms with E-state index in [0.717, 1.165) is 30.8 Å². The number of aromatic nitrogens is 1. The molecular formula is C12H12BrFN2S. The summed E-state index contributed by atoms with van der Waals surface area (Å²) < 4.78 is 13.5. The lowest BCUT2D eigenvalue weighted by Gasteiger charge is -2.04. The Morgan fingerprint density at radius 3 is 3.00 bits per heavy atom. The largest absolute Gasteiger partial charge is 0.312 e. The maximum Gasteiger partial charge on any atom is 0.137 e. The number of nitrogens with one attached hydrogen (secondary N) is 1. The molecule has 0 unspecified atom stereocenters. The van der Waals surface area contributed by atoms with Gasteiger partial charge < -0.3 is 5.32 Å². The smallest absolute Gasteiger partial charge is 0.137 e. The van der Waals surface area contributed by atoms with Crippen LogP contribution < -0.4 is 5.32 Å². The fraction of sp³-hybridized carbons (Fsp3) is 0.250. The quantitative estimate of drug-likeness (QED) is 0.856. The van der Waals surface area contributed by atoms with Crippen LogP contribution in [0.25, 0.3) is 0 Å². The van der Waals surface area contributed by atoms with Gasteiger partial charge in [0.05, 0.1) is 15.7 Å². The molecule has 0 saturated heterocycles. The number of rotatable bonds is 5.